The van der Waals surface area contributed by atoms with E-state index >= 15 is 0 Å². The summed E-state index contributed by atoms with van der Waals surface area (Å²) in [5.74, 6) is 1.70. The molecule has 3 heterocycles. The van der Waals surface area contributed by atoms with Gasteiger partial charge in [-0.05, 0) is 53.9 Å². The molecule has 28 heavy (non-hydrogen) atoms. The normalized spacial score (nSPS) is 11.8. The van der Waals surface area contributed by atoms with Crippen LogP contribution in [0, 0.1) is 5.82 Å². The Hall–Kier alpha value is -3.74. The van der Waals surface area contributed by atoms with Crippen molar-refractivity contribution in [3.8, 4) is 11.1 Å². The first-order chi connectivity index (χ1) is 13.7. The van der Waals surface area contributed by atoms with Gasteiger partial charge in [0.2, 0.25) is 0 Å². The minimum absolute atomic E-state index is 0.0426. The van der Waals surface area contributed by atoms with Crippen LogP contribution in [0.4, 0.5) is 21.8 Å². The van der Waals surface area contributed by atoms with Gasteiger partial charge in [-0.2, -0.15) is 0 Å². The average molecular weight is 374 g/mol. The molecular formula is C21H19FN6. The minimum atomic E-state index is -0.251. The van der Waals surface area contributed by atoms with Gasteiger partial charge in [0.05, 0.1) is 6.20 Å². The number of nitrogens with zero attached hydrogens (tertiary/aromatic N) is 3. The van der Waals surface area contributed by atoms with Crippen molar-refractivity contribution in [3.63, 3.8) is 0 Å². The molecule has 140 valence electrons. The monoisotopic (exact) mass is 374 g/mol. The molecule has 0 saturated heterocycles. The maximum absolute atomic E-state index is 13.2. The van der Waals surface area contributed by atoms with Crippen molar-refractivity contribution in [2.75, 3.05) is 10.6 Å². The Morgan fingerprint density at radius 1 is 0.964 bits per heavy atom. The third-order valence-corrected chi connectivity index (χ3v) is 4.31. The van der Waals surface area contributed by atoms with E-state index in [-0.39, 0.29) is 11.9 Å². The van der Waals surface area contributed by atoms with E-state index in [1.807, 2.05) is 37.5 Å². The number of halogens is 1. The van der Waals surface area contributed by atoms with Gasteiger partial charge in [-0.15, -0.1) is 0 Å². The van der Waals surface area contributed by atoms with Gasteiger partial charge >= 0.3 is 0 Å². The lowest BCUT2D eigenvalue weighted by molar-refractivity contribution is 0.626. The molecule has 0 unspecified atom stereocenters. The number of benzene rings is 1. The molecule has 1 atom stereocenters. The Bertz CT molecular complexity index is 1030. The van der Waals surface area contributed by atoms with Crippen molar-refractivity contribution in [1.82, 2.24) is 19.9 Å². The second kappa shape index (κ2) is 7.87. The van der Waals surface area contributed by atoms with Crippen LogP contribution in [0.3, 0.4) is 0 Å². The maximum Gasteiger partial charge on any atom is 0.150 e. The zero-order chi connectivity index (χ0) is 19.3. The summed E-state index contributed by atoms with van der Waals surface area (Å²) in [6.07, 6.45) is 8.67. The smallest absolute Gasteiger partial charge is 0.150 e. The third kappa shape index (κ3) is 4.15. The summed E-state index contributed by atoms with van der Waals surface area (Å²) in [7, 11) is 0. The van der Waals surface area contributed by atoms with E-state index in [2.05, 4.69) is 30.6 Å². The fourth-order valence-corrected chi connectivity index (χ4v) is 2.89. The highest BCUT2D eigenvalue weighted by Gasteiger charge is 2.10. The number of nitrogens with one attached hydrogen (secondary N) is 3. The van der Waals surface area contributed by atoms with Crippen LogP contribution in [0.1, 0.15) is 18.5 Å². The number of pyridine rings is 1. The molecule has 0 spiro atoms. The van der Waals surface area contributed by atoms with Gasteiger partial charge in [-0.1, -0.05) is 12.1 Å². The molecule has 4 rings (SSSR count). The lowest BCUT2D eigenvalue weighted by atomic mass is 10.1. The number of rotatable bonds is 6. The Kier molecular flexibility index (Phi) is 4.97. The largest absolute Gasteiger partial charge is 0.367 e. The molecule has 0 bridgehead atoms. The summed E-state index contributed by atoms with van der Waals surface area (Å²) >= 11 is 0. The van der Waals surface area contributed by atoms with Gasteiger partial charge in [-0.3, -0.25) is 4.98 Å². The van der Waals surface area contributed by atoms with Crippen molar-refractivity contribution in [2.24, 2.45) is 0 Å². The van der Waals surface area contributed by atoms with Gasteiger partial charge in [0.25, 0.3) is 0 Å². The molecule has 0 saturated carbocycles. The highest BCUT2D eigenvalue weighted by atomic mass is 19.1. The molecule has 3 N–H and O–H groups in total. The van der Waals surface area contributed by atoms with Crippen molar-refractivity contribution < 1.29 is 4.39 Å². The van der Waals surface area contributed by atoms with Gasteiger partial charge in [-0.25, -0.2) is 14.4 Å². The number of hydrogen-bond donors (Lipinski definition) is 3. The standard InChI is InChI=1S/C21H19FN6/c1-14(15-2-4-18(22)5-3-15)26-19-10-17(16-6-7-23-12-16)11-20(27-19)28-21-13-24-8-9-25-21/h2-14,23H,1H3,(H2,25,26,27,28)/t14-/m0/s1. The third-order valence-electron chi connectivity index (χ3n) is 4.31. The van der Waals surface area contributed by atoms with E-state index in [4.69, 9.17) is 0 Å². The molecule has 0 amide bonds. The Labute approximate surface area is 161 Å². The van der Waals surface area contributed by atoms with E-state index in [0.717, 1.165) is 16.7 Å². The fraction of sp³-hybridized carbons (Fsp3) is 0.0952. The van der Waals surface area contributed by atoms with Crippen LogP contribution in [0.5, 0.6) is 0 Å². The van der Waals surface area contributed by atoms with Crippen molar-refractivity contribution in [1.29, 1.82) is 0 Å². The molecule has 4 aromatic rings. The number of hydrogen-bond acceptors (Lipinski definition) is 5. The van der Waals surface area contributed by atoms with Crippen LogP contribution in [-0.2, 0) is 0 Å². The van der Waals surface area contributed by atoms with Crippen molar-refractivity contribution in [3.05, 3.63) is 84.8 Å². The van der Waals surface area contributed by atoms with Gasteiger partial charge in [0.15, 0.2) is 0 Å². The molecule has 1 aromatic carbocycles. The summed E-state index contributed by atoms with van der Waals surface area (Å²) in [5, 5.41) is 6.57. The van der Waals surface area contributed by atoms with E-state index in [0.29, 0.717) is 17.5 Å². The molecule has 0 fully saturated rings. The first-order valence-corrected chi connectivity index (χ1v) is 8.88. The van der Waals surface area contributed by atoms with E-state index in [1.54, 1.807) is 30.7 Å². The highest BCUT2D eigenvalue weighted by Crippen LogP contribution is 2.28. The van der Waals surface area contributed by atoms with E-state index < -0.39 is 0 Å². The number of anilines is 3. The summed E-state index contributed by atoms with van der Waals surface area (Å²) in [4.78, 5) is 16.0. The predicted molar refractivity (Wildman–Crippen MR) is 108 cm³/mol. The first kappa shape index (κ1) is 17.7. The van der Waals surface area contributed by atoms with Gasteiger partial charge in [0, 0.05) is 30.8 Å². The topological polar surface area (TPSA) is 78.5 Å². The lowest BCUT2D eigenvalue weighted by Crippen LogP contribution is -2.09. The molecule has 0 aliphatic heterocycles. The van der Waals surface area contributed by atoms with Crippen LogP contribution >= 0.6 is 0 Å². The van der Waals surface area contributed by atoms with Gasteiger partial charge < -0.3 is 15.6 Å². The summed E-state index contributed by atoms with van der Waals surface area (Å²) < 4.78 is 13.2. The first-order valence-electron chi connectivity index (χ1n) is 8.88. The molecule has 0 aliphatic rings. The second-order valence-corrected chi connectivity index (χ2v) is 6.36. The van der Waals surface area contributed by atoms with Crippen molar-refractivity contribution in [2.45, 2.75) is 13.0 Å². The van der Waals surface area contributed by atoms with E-state index in [9.17, 15) is 4.39 Å². The molecule has 7 heteroatoms. The Balaban J connectivity index is 1.64. The fourth-order valence-electron chi connectivity index (χ4n) is 2.89. The van der Waals surface area contributed by atoms with Crippen molar-refractivity contribution >= 4 is 17.5 Å². The quantitative estimate of drug-likeness (QED) is 0.446. The Morgan fingerprint density at radius 2 is 1.79 bits per heavy atom. The van der Waals surface area contributed by atoms with Crippen LogP contribution in [0.15, 0.2) is 73.4 Å². The molecular weight excluding hydrogens is 355 g/mol. The SMILES string of the molecule is C[C@H](Nc1cc(-c2cc[nH]c2)cc(Nc2cnccn2)n1)c1ccc(F)cc1. The summed E-state index contributed by atoms with van der Waals surface area (Å²) in [5.41, 5.74) is 3.01. The molecule has 0 radical (unpaired) electrons. The number of aromatic nitrogens is 4. The average Bonchev–Trinajstić information content (AvgIpc) is 3.24. The van der Waals surface area contributed by atoms with Crippen LogP contribution < -0.4 is 10.6 Å². The lowest BCUT2D eigenvalue weighted by Gasteiger charge is -2.17. The van der Waals surface area contributed by atoms with Crippen LogP contribution in [-0.4, -0.2) is 19.9 Å². The van der Waals surface area contributed by atoms with Crippen LogP contribution in [0.25, 0.3) is 11.1 Å². The predicted octanol–water partition coefficient (Wildman–Crippen LogP) is 4.92. The molecule has 3 aromatic heterocycles. The minimum Gasteiger partial charge on any atom is -0.367 e. The maximum atomic E-state index is 13.2. The van der Waals surface area contributed by atoms with E-state index in [1.165, 1.54) is 12.1 Å². The summed E-state index contributed by atoms with van der Waals surface area (Å²) in [6.45, 7) is 2.01. The number of H-pyrrole nitrogens is 1. The second-order valence-electron chi connectivity index (χ2n) is 6.36. The highest BCUT2D eigenvalue weighted by molar-refractivity contribution is 5.71. The zero-order valence-corrected chi connectivity index (χ0v) is 15.2. The van der Waals surface area contributed by atoms with Crippen LogP contribution in [0.2, 0.25) is 0 Å². The van der Waals surface area contributed by atoms with Gasteiger partial charge in [0.1, 0.15) is 23.3 Å². The Morgan fingerprint density at radius 3 is 2.50 bits per heavy atom. The zero-order valence-electron chi connectivity index (χ0n) is 15.2. The number of aromatic amines is 1. The molecule has 0 aliphatic carbocycles. The molecule has 6 nitrogen and oxygen atoms in total. The summed E-state index contributed by atoms with van der Waals surface area (Å²) in [6, 6.07) is 12.3.